The average molecular weight is 386 g/mol. The fourth-order valence-electron chi connectivity index (χ4n) is 1.86. The quantitative estimate of drug-likeness (QED) is 0.261. The fourth-order valence-corrected chi connectivity index (χ4v) is 2.33. The second kappa shape index (κ2) is 8.09. The van der Waals surface area contributed by atoms with Crippen LogP contribution >= 0.6 is 23.2 Å². The summed E-state index contributed by atoms with van der Waals surface area (Å²) in [5, 5.41) is 9.98. The third kappa shape index (κ3) is 4.35. The first-order chi connectivity index (χ1) is 11.8. The number of para-hydroxylation sites is 1. The predicted molar refractivity (Wildman–Crippen MR) is 92.5 cm³/mol. The van der Waals surface area contributed by atoms with Crippen LogP contribution < -0.4 is 0 Å². The van der Waals surface area contributed by atoms with Gasteiger partial charge in [-0.25, -0.2) is 13.6 Å². The highest BCUT2D eigenvalue weighted by atomic mass is 35.5. The van der Waals surface area contributed by atoms with E-state index in [9.17, 15) is 18.7 Å². The van der Waals surface area contributed by atoms with Gasteiger partial charge in [0.05, 0.1) is 22.8 Å². The molecule has 4 nitrogen and oxygen atoms in total. The first kappa shape index (κ1) is 18.9. The molecule has 2 aromatic rings. The minimum atomic E-state index is -0.969. The van der Waals surface area contributed by atoms with Crippen LogP contribution in [0.1, 0.15) is 5.56 Å². The van der Waals surface area contributed by atoms with E-state index in [1.165, 1.54) is 18.2 Å². The van der Waals surface area contributed by atoms with Crippen LogP contribution in [0.4, 0.5) is 14.5 Å². The van der Waals surface area contributed by atoms with E-state index < -0.39 is 28.9 Å². The summed E-state index contributed by atoms with van der Waals surface area (Å²) in [5.74, 6) is -3.13. The number of aliphatic hydroxyl groups excluding tert-OH is 1. The van der Waals surface area contributed by atoms with Crippen LogP contribution in [0.25, 0.3) is 5.76 Å². The maximum atomic E-state index is 13.6. The molecule has 0 amide bonds. The highest BCUT2D eigenvalue weighted by Gasteiger charge is 2.19. The summed E-state index contributed by atoms with van der Waals surface area (Å²) in [4.78, 5) is 15.7. The smallest absolute Gasteiger partial charge is 0.343 e. The van der Waals surface area contributed by atoms with E-state index in [0.717, 1.165) is 25.5 Å². The summed E-state index contributed by atoms with van der Waals surface area (Å²) in [7, 11) is 1.08. The van der Waals surface area contributed by atoms with Crippen molar-refractivity contribution in [1.82, 2.24) is 0 Å². The number of aliphatic hydroxyl groups is 1. The number of ether oxygens (including phenoxy) is 1. The molecule has 0 heterocycles. The largest absolute Gasteiger partial charge is 0.506 e. The molecule has 0 fully saturated rings. The minimum Gasteiger partial charge on any atom is -0.506 e. The monoisotopic (exact) mass is 385 g/mol. The van der Waals surface area contributed by atoms with Gasteiger partial charge in [0.25, 0.3) is 0 Å². The van der Waals surface area contributed by atoms with Gasteiger partial charge in [-0.15, -0.1) is 0 Å². The Labute approximate surface area is 152 Å². The molecule has 0 saturated carbocycles. The van der Waals surface area contributed by atoms with Crippen molar-refractivity contribution < 1.29 is 23.4 Å². The number of nitrogens with zero attached hydrogens (tertiary/aromatic N) is 1. The molecule has 130 valence electrons. The molecule has 1 N–H and O–H groups in total. The molecular formula is C17H11Cl2F2NO3. The predicted octanol–water partition coefficient (Wildman–Crippen LogP) is 5.12. The van der Waals surface area contributed by atoms with Crippen LogP contribution in [0.2, 0.25) is 10.0 Å². The lowest BCUT2D eigenvalue weighted by Gasteiger charge is -2.08. The van der Waals surface area contributed by atoms with Gasteiger partial charge in [-0.2, -0.15) is 0 Å². The Balaban J connectivity index is 2.57. The van der Waals surface area contributed by atoms with Crippen LogP contribution in [-0.2, 0) is 9.53 Å². The lowest BCUT2D eigenvalue weighted by atomic mass is 10.1. The van der Waals surface area contributed by atoms with Gasteiger partial charge in [-0.1, -0.05) is 35.3 Å². The molecule has 2 aromatic carbocycles. The lowest BCUT2D eigenvalue weighted by molar-refractivity contribution is -0.135. The number of methoxy groups -OCH3 is 1. The van der Waals surface area contributed by atoms with E-state index in [-0.39, 0.29) is 21.3 Å². The van der Waals surface area contributed by atoms with E-state index >= 15 is 0 Å². The highest BCUT2D eigenvalue weighted by molar-refractivity contribution is 6.36. The first-order valence-electron chi connectivity index (χ1n) is 6.80. The SMILES string of the molecule is COC(=O)/C(C=Nc1ccccc1F)=C(/O)c1cc(F)c(Cl)cc1Cl. The molecule has 0 aliphatic carbocycles. The number of esters is 1. The summed E-state index contributed by atoms with van der Waals surface area (Å²) < 4.78 is 31.8. The van der Waals surface area contributed by atoms with E-state index in [1.54, 1.807) is 6.07 Å². The lowest BCUT2D eigenvalue weighted by Crippen LogP contribution is -2.09. The van der Waals surface area contributed by atoms with Gasteiger partial charge in [0, 0.05) is 11.8 Å². The van der Waals surface area contributed by atoms with Gasteiger partial charge in [0.2, 0.25) is 0 Å². The Morgan fingerprint density at radius 3 is 2.48 bits per heavy atom. The summed E-state index contributed by atoms with van der Waals surface area (Å²) in [6, 6.07) is 7.50. The number of halogens is 4. The molecule has 0 saturated heterocycles. The molecule has 0 radical (unpaired) electrons. The van der Waals surface area contributed by atoms with Crippen molar-refractivity contribution >= 4 is 46.8 Å². The molecule has 25 heavy (non-hydrogen) atoms. The summed E-state index contributed by atoms with van der Waals surface area (Å²) in [6.45, 7) is 0. The Morgan fingerprint density at radius 1 is 1.16 bits per heavy atom. The molecule has 0 spiro atoms. The molecule has 2 rings (SSSR count). The average Bonchev–Trinajstić information content (AvgIpc) is 2.59. The molecule has 0 aliphatic heterocycles. The number of aliphatic imine (C=N–C) groups is 1. The first-order valence-corrected chi connectivity index (χ1v) is 7.55. The number of carbonyl (C=O) groups is 1. The standard InChI is InChI=1S/C17H11Cl2F2NO3/c1-25-17(24)10(8-22-15-5-3-2-4-13(15)20)16(23)9-6-14(21)12(19)7-11(9)18/h2-8,23H,1H3/b16-10+,22-8?. The Hall–Kier alpha value is -2.44. The Morgan fingerprint density at radius 2 is 1.84 bits per heavy atom. The number of hydrogen-bond donors (Lipinski definition) is 1. The molecule has 0 aromatic heterocycles. The second-order valence-electron chi connectivity index (χ2n) is 4.71. The van der Waals surface area contributed by atoms with Gasteiger partial charge >= 0.3 is 5.97 Å². The Bertz CT molecular complexity index is 882. The fraction of sp³-hybridized carbons (Fsp3) is 0.0588. The zero-order valence-electron chi connectivity index (χ0n) is 12.8. The van der Waals surface area contributed by atoms with E-state index in [1.807, 2.05) is 0 Å². The zero-order valence-corrected chi connectivity index (χ0v) is 14.3. The van der Waals surface area contributed by atoms with E-state index in [0.29, 0.717) is 0 Å². The van der Waals surface area contributed by atoms with Crippen LogP contribution in [0.15, 0.2) is 47.0 Å². The van der Waals surface area contributed by atoms with Crippen molar-refractivity contribution in [2.24, 2.45) is 4.99 Å². The molecular weight excluding hydrogens is 375 g/mol. The van der Waals surface area contributed by atoms with Gasteiger partial charge < -0.3 is 9.84 Å². The maximum Gasteiger partial charge on any atom is 0.343 e. The Kier molecular flexibility index (Phi) is 6.12. The van der Waals surface area contributed by atoms with Crippen molar-refractivity contribution in [3.63, 3.8) is 0 Å². The maximum absolute atomic E-state index is 13.6. The molecule has 0 atom stereocenters. The number of hydrogen-bond acceptors (Lipinski definition) is 4. The van der Waals surface area contributed by atoms with Gasteiger partial charge in [-0.3, -0.25) is 4.99 Å². The summed E-state index contributed by atoms with van der Waals surface area (Å²) >= 11 is 11.5. The molecule has 8 heteroatoms. The third-order valence-electron chi connectivity index (χ3n) is 3.11. The summed E-state index contributed by atoms with van der Waals surface area (Å²) in [5.41, 5.74) is -0.691. The van der Waals surface area contributed by atoms with Crippen molar-refractivity contribution in [2.45, 2.75) is 0 Å². The molecule has 0 bridgehead atoms. The molecule has 0 aliphatic rings. The minimum absolute atomic E-state index is 0.0647. The molecule has 0 unspecified atom stereocenters. The van der Waals surface area contributed by atoms with Gasteiger partial charge in [-0.05, 0) is 24.3 Å². The number of carbonyl (C=O) groups excluding carboxylic acids is 1. The van der Waals surface area contributed by atoms with Crippen LogP contribution in [0.5, 0.6) is 0 Å². The van der Waals surface area contributed by atoms with Gasteiger partial charge in [0.1, 0.15) is 23.0 Å². The number of benzene rings is 2. The highest BCUT2D eigenvalue weighted by Crippen LogP contribution is 2.30. The van der Waals surface area contributed by atoms with Crippen LogP contribution in [-0.4, -0.2) is 24.4 Å². The van der Waals surface area contributed by atoms with Crippen molar-refractivity contribution in [1.29, 1.82) is 0 Å². The second-order valence-corrected chi connectivity index (χ2v) is 5.52. The van der Waals surface area contributed by atoms with Crippen molar-refractivity contribution in [3.05, 3.63) is 69.2 Å². The number of rotatable bonds is 4. The van der Waals surface area contributed by atoms with Crippen LogP contribution in [0.3, 0.4) is 0 Å². The topological polar surface area (TPSA) is 58.9 Å². The zero-order chi connectivity index (χ0) is 18.6. The van der Waals surface area contributed by atoms with Gasteiger partial charge in [0.15, 0.2) is 0 Å². The van der Waals surface area contributed by atoms with Crippen LogP contribution in [0, 0.1) is 11.6 Å². The van der Waals surface area contributed by atoms with Crippen molar-refractivity contribution in [3.8, 4) is 0 Å². The van der Waals surface area contributed by atoms with E-state index in [2.05, 4.69) is 9.73 Å². The summed E-state index contributed by atoms with van der Waals surface area (Å²) in [6.07, 6.45) is 0.905. The normalized spacial score (nSPS) is 12.2. The van der Waals surface area contributed by atoms with E-state index in [4.69, 9.17) is 23.2 Å². The van der Waals surface area contributed by atoms with Crippen molar-refractivity contribution in [2.75, 3.05) is 7.11 Å². The third-order valence-corrected chi connectivity index (χ3v) is 3.71.